The molecule has 5 heteroatoms. The lowest BCUT2D eigenvalue weighted by atomic mass is 9.94. The van der Waals surface area contributed by atoms with Gasteiger partial charge in [0, 0.05) is 6.04 Å². The van der Waals surface area contributed by atoms with Crippen molar-refractivity contribution in [1.82, 2.24) is 5.32 Å². The van der Waals surface area contributed by atoms with E-state index in [0.717, 1.165) is 11.8 Å². The summed E-state index contributed by atoms with van der Waals surface area (Å²) in [5, 5.41) is 3.26. The molecule has 0 bridgehead atoms. The number of hydrogen-bond acceptors (Lipinski definition) is 2. The van der Waals surface area contributed by atoms with Crippen molar-refractivity contribution < 1.29 is 17.6 Å². The van der Waals surface area contributed by atoms with Gasteiger partial charge in [-0.1, -0.05) is 26.0 Å². The van der Waals surface area contributed by atoms with Crippen molar-refractivity contribution in [3.05, 3.63) is 59.5 Å². The Morgan fingerprint density at radius 2 is 1.90 bits per heavy atom. The fourth-order valence-corrected chi connectivity index (χ4v) is 2.27. The second-order valence-electron chi connectivity index (χ2n) is 5.31. The highest BCUT2D eigenvalue weighted by Crippen LogP contribution is 2.32. The van der Waals surface area contributed by atoms with Gasteiger partial charge in [-0.2, -0.15) is 13.2 Å². The predicted molar refractivity (Wildman–Crippen MR) is 74.6 cm³/mol. The smallest absolute Gasteiger partial charge is 0.416 e. The van der Waals surface area contributed by atoms with Gasteiger partial charge in [-0.05, 0) is 35.7 Å². The van der Waals surface area contributed by atoms with Crippen molar-refractivity contribution in [2.75, 3.05) is 0 Å². The van der Waals surface area contributed by atoms with Crippen LogP contribution >= 0.6 is 0 Å². The molecule has 2 nitrogen and oxygen atoms in total. The second-order valence-corrected chi connectivity index (χ2v) is 5.31. The molecule has 0 saturated carbocycles. The first-order valence-corrected chi connectivity index (χ1v) is 6.81. The van der Waals surface area contributed by atoms with E-state index >= 15 is 0 Å². The molecular weight excluding hydrogens is 279 g/mol. The van der Waals surface area contributed by atoms with Crippen LogP contribution in [0.25, 0.3) is 0 Å². The Balaban J connectivity index is 2.18. The van der Waals surface area contributed by atoms with E-state index in [1.807, 2.05) is 19.9 Å². The standard InChI is InChI=1S/C16H18F3NO/c1-11(2)15(20-10-14-7-4-8-21-14)12-5-3-6-13(9-12)16(17,18)19/h3-9,11,15,20H,10H2,1-2H3. The molecule has 114 valence electrons. The average molecular weight is 297 g/mol. The molecule has 0 fully saturated rings. The Kier molecular flexibility index (Phi) is 4.73. The third-order valence-electron chi connectivity index (χ3n) is 3.32. The molecule has 21 heavy (non-hydrogen) atoms. The lowest BCUT2D eigenvalue weighted by molar-refractivity contribution is -0.137. The maximum Gasteiger partial charge on any atom is 0.416 e. The van der Waals surface area contributed by atoms with Gasteiger partial charge < -0.3 is 9.73 Å². The maximum atomic E-state index is 12.8. The molecule has 0 amide bonds. The van der Waals surface area contributed by atoms with E-state index in [0.29, 0.717) is 12.1 Å². The lowest BCUT2D eigenvalue weighted by Gasteiger charge is -2.23. The average Bonchev–Trinajstić information content (AvgIpc) is 2.91. The second kappa shape index (κ2) is 6.35. The van der Waals surface area contributed by atoms with Crippen LogP contribution < -0.4 is 5.32 Å². The lowest BCUT2D eigenvalue weighted by Crippen LogP contribution is -2.25. The summed E-state index contributed by atoms with van der Waals surface area (Å²) in [7, 11) is 0. The Hall–Kier alpha value is -1.75. The third kappa shape index (κ3) is 4.11. The van der Waals surface area contributed by atoms with Crippen molar-refractivity contribution in [2.24, 2.45) is 5.92 Å². The number of hydrogen-bond donors (Lipinski definition) is 1. The van der Waals surface area contributed by atoms with Gasteiger partial charge >= 0.3 is 6.18 Å². The zero-order valence-corrected chi connectivity index (χ0v) is 11.9. The third-order valence-corrected chi connectivity index (χ3v) is 3.32. The van der Waals surface area contributed by atoms with E-state index in [1.54, 1.807) is 18.4 Å². The Labute approximate surface area is 122 Å². The zero-order chi connectivity index (χ0) is 15.5. The van der Waals surface area contributed by atoms with Crippen LogP contribution in [0.4, 0.5) is 13.2 Å². The van der Waals surface area contributed by atoms with Crippen molar-refractivity contribution in [3.63, 3.8) is 0 Å². The van der Waals surface area contributed by atoms with Crippen molar-refractivity contribution in [2.45, 2.75) is 32.6 Å². The zero-order valence-electron chi connectivity index (χ0n) is 11.9. The molecule has 0 radical (unpaired) electrons. The largest absolute Gasteiger partial charge is 0.468 e. The van der Waals surface area contributed by atoms with Crippen molar-refractivity contribution >= 4 is 0 Å². The minimum atomic E-state index is -4.32. The SMILES string of the molecule is CC(C)C(NCc1ccco1)c1cccc(C(F)(F)F)c1. The van der Waals surface area contributed by atoms with Gasteiger partial charge in [0.2, 0.25) is 0 Å². The molecule has 1 aromatic carbocycles. The molecule has 1 aromatic heterocycles. The molecule has 0 spiro atoms. The van der Waals surface area contributed by atoms with Gasteiger partial charge in [0.15, 0.2) is 0 Å². The van der Waals surface area contributed by atoms with Gasteiger partial charge in [-0.15, -0.1) is 0 Å². The number of halogens is 3. The molecule has 0 aliphatic rings. The van der Waals surface area contributed by atoms with Crippen LogP contribution in [0.2, 0.25) is 0 Å². The van der Waals surface area contributed by atoms with Crippen LogP contribution in [0, 0.1) is 5.92 Å². The fourth-order valence-electron chi connectivity index (χ4n) is 2.27. The Bertz CT molecular complexity index is 561. The monoisotopic (exact) mass is 297 g/mol. The summed E-state index contributed by atoms with van der Waals surface area (Å²) < 4.78 is 43.7. The number of alkyl halides is 3. The molecule has 1 N–H and O–H groups in total. The van der Waals surface area contributed by atoms with Gasteiger partial charge in [0.05, 0.1) is 18.4 Å². The van der Waals surface area contributed by atoms with Gasteiger partial charge in [0.25, 0.3) is 0 Å². The van der Waals surface area contributed by atoms with E-state index in [2.05, 4.69) is 5.32 Å². The summed E-state index contributed by atoms with van der Waals surface area (Å²) in [6, 6.07) is 8.91. The quantitative estimate of drug-likeness (QED) is 0.858. The van der Waals surface area contributed by atoms with Crippen molar-refractivity contribution in [3.8, 4) is 0 Å². The molecule has 1 atom stereocenters. The summed E-state index contributed by atoms with van der Waals surface area (Å²) in [6.45, 7) is 4.42. The maximum absolute atomic E-state index is 12.8. The first-order chi connectivity index (χ1) is 9.88. The predicted octanol–water partition coefficient (Wildman–Crippen LogP) is 4.79. The Morgan fingerprint density at radius 1 is 1.14 bits per heavy atom. The van der Waals surface area contributed by atoms with Crippen LogP contribution in [0.1, 0.15) is 36.8 Å². The minimum Gasteiger partial charge on any atom is -0.468 e. The molecule has 1 heterocycles. The van der Waals surface area contributed by atoms with Crippen molar-refractivity contribution in [1.29, 1.82) is 0 Å². The highest BCUT2D eigenvalue weighted by Gasteiger charge is 2.31. The van der Waals surface area contributed by atoms with Crippen LogP contribution in [-0.2, 0) is 12.7 Å². The van der Waals surface area contributed by atoms with E-state index in [4.69, 9.17) is 4.42 Å². The molecule has 2 rings (SSSR count). The molecule has 0 aliphatic carbocycles. The topological polar surface area (TPSA) is 25.2 Å². The molecule has 0 aliphatic heterocycles. The van der Waals surface area contributed by atoms with Gasteiger partial charge in [-0.3, -0.25) is 0 Å². The Morgan fingerprint density at radius 3 is 2.48 bits per heavy atom. The first-order valence-electron chi connectivity index (χ1n) is 6.81. The van der Waals surface area contributed by atoms with Crippen LogP contribution in [-0.4, -0.2) is 0 Å². The number of nitrogens with one attached hydrogen (secondary N) is 1. The van der Waals surface area contributed by atoms with Crippen LogP contribution in [0.3, 0.4) is 0 Å². The highest BCUT2D eigenvalue weighted by atomic mass is 19.4. The van der Waals surface area contributed by atoms with Crippen LogP contribution in [0.15, 0.2) is 47.1 Å². The number of rotatable bonds is 5. The van der Waals surface area contributed by atoms with Crippen LogP contribution in [0.5, 0.6) is 0 Å². The molecule has 1 unspecified atom stereocenters. The summed E-state index contributed by atoms with van der Waals surface area (Å²) >= 11 is 0. The summed E-state index contributed by atoms with van der Waals surface area (Å²) in [4.78, 5) is 0. The molecular formula is C16H18F3NO. The number of benzene rings is 1. The fraction of sp³-hybridized carbons (Fsp3) is 0.375. The van der Waals surface area contributed by atoms with E-state index in [9.17, 15) is 13.2 Å². The van der Waals surface area contributed by atoms with Gasteiger partial charge in [-0.25, -0.2) is 0 Å². The van der Waals surface area contributed by atoms with E-state index < -0.39 is 11.7 Å². The van der Waals surface area contributed by atoms with E-state index in [-0.39, 0.29) is 12.0 Å². The highest BCUT2D eigenvalue weighted by molar-refractivity contribution is 5.28. The van der Waals surface area contributed by atoms with E-state index in [1.165, 1.54) is 12.1 Å². The minimum absolute atomic E-state index is 0.156. The number of furan rings is 1. The summed E-state index contributed by atoms with van der Waals surface area (Å²) in [5.41, 5.74) is 0.0110. The van der Waals surface area contributed by atoms with Gasteiger partial charge in [0.1, 0.15) is 5.76 Å². The molecule has 2 aromatic rings. The first kappa shape index (κ1) is 15.6. The summed E-state index contributed by atoms with van der Waals surface area (Å²) in [6.07, 6.45) is -2.75. The summed E-state index contributed by atoms with van der Waals surface area (Å²) in [5.74, 6) is 0.913. The normalized spacial score (nSPS) is 13.6. The molecule has 0 saturated heterocycles.